The first-order chi connectivity index (χ1) is 7.63. The fourth-order valence-electron chi connectivity index (χ4n) is 2.30. The van der Waals surface area contributed by atoms with E-state index in [-0.39, 0.29) is 0 Å². The second kappa shape index (κ2) is 4.06. The molecule has 0 spiro atoms. The number of aromatic hydroxyl groups is 1. The predicted octanol–water partition coefficient (Wildman–Crippen LogP) is 3.48. The molecule has 1 heteroatoms. The van der Waals surface area contributed by atoms with Crippen molar-refractivity contribution in [3.8, 4) is 18.1 Å². The molecular formula is C15H16O. The zero-order valence-electron chi connectivity index (χ0n) is 9.75. The van der Waals surface area contributed by atoms with Crippen molar-refractivity contribution in [1.82, 2.24) is 0 Å². The smallest absolute Gasteiger partial charge is 0.116 e. The van der Waals surface area contributed by atoms with Gasteiger partial charge in [-0.05, 0) is 47.6 Å². The van der Waals surface area contributed by atoms with Crippen LogP contribution >= 0.6 is 0 Å². The maximum atomic E-state index is 9.71. The molecule has 0 saturated heterocycles. The molecule has 0 heterocycles. The van der Waals surface area contributed by atoms with E-state index in [4.69, 9.17) is 6.42 Å². The van der Waals surface area contributed by atoms with Gasteiger partial charge >= 0.3 is 0 Å². The molecule has 82 valence electrons. The van der Waals surface area contributed by atoms with Gasteiger partial charge in [-0.25, -0.2) is 0 Å². The van der Waals surface area contributed by atoms with E-state index in [0.29, 0.717) is 11.7 Å². The largest absolute Gasteiger partial charge is 0.508 e. The first-order valence-corrected chi connectivity index (χ1v) is 5.66. The number of allylic oxidation sites excluding steroid dienone is 2. The fraction of sp³-hybridized carbons (Fsp3) is 0.333. The predicted molar refractivity (Wildman–Crippen MR) is 67.3 cm³/mol. The van der Waals surface area contributed by atoms with Crippen molar-refractivity contribution in [2.75, 3.05) is 0 Å². The Balaban J connectivity index is 2.69. The minimum Gasteiger partial charge on any atom is -0.508 e. The van der Waals surface area contributed by atoms with Gasteiger partial charge in [-0.3, -0.25) is 0 Å². The van der Waals surface area contributed by atoms with Gasteiger partial charge in [0.15, 0.2) is 0 Å². The van der Waals surface area contributed by atoms with E-state index in [9.17, 15) is 5.11 Å². The van der Waals surface area contributed by atoms with Crippen LogP contribution in [-0.4, -0.2) is 5.11 Å². The van der Waals surface area contributed by atoms with Crippen LogP contribution in [-0.2, 0) is 6.42 Å². The van der Waals surface area contributed by atoms with E-state index in [2.05, 4.69) is 25.8 Å². The third-order valence-corrected chi connectivity index (χ3v) is 3.04. The lowest BCUT2D eigenvalue weighted by Gasteiger charge is -2.21. The van der Waals surface area contributed by atoms with Gasteiger partial charge in [0.25, 0.3) is 0 Å². The summed E-state index contributed by atoms with van der Waals surface area (Å²) in [5.74, 6) is 3.47. The van der Waals surface area contributed by atoms with Gasteiger partial charge in [0.2, 0.25) is 0 Å². The van der Waals surface area contributed by atoms with Gasteiger partial charge in [0.05, 0.1) is 0 Å². The number of aryl methyl sites for hydroxylation is 1. The van der Waals surface area contributed by atoms with Crippen molar-refractivity contribution < 1.29 is 5.11 Å². The van der Waals surface area contributed by atoms with E-state index in [0.717, 1.165) is 24.0 Å². The summed E-state index contributed by atoms with van der Waals surface area (Å²) >= 11 is 0. The number of fused-ring (bicyclic) bond motifs is 1. The Hall–Kier alpha value is -1.68. The average Bonchev–Trinajstić information content (AvgIpc) is 2.26. The molecule has 0 atom stereocenters. The lowest BCUT2D eigenvalue weighted by Crippen LogP contribution is -2.04. The SMILES string of the molecule is C#CC1=CCCc2cc(O)cc(C(C)C)c21. The molecule has 1 N–H and O–H groups in total. The van der Waals surface area contributed by atoms with E-state index in [1.807, 2.05) is 12.1 Å². The molecule has 1 aromatic carbocycles. The molecule has 0 saturated carbocycles. The highest BCUT2D eigenvalue weighted by atomic mass is 16.3. The number of terminal acetylenes is 1. The van der Waals surface area contributed by atoms with Crippen LogP contribution in [0.1, 0.15) is 42.9 Å². The Bertz CT molecular complexity index is 487. The van der Waals surface area contributed by atoms with Crippen molar-refractivity contribution in [1.29, 1.82) is 0 Å². The van der Waals surface area contributed by atoms with Gasteiger partial charge in [-0.2, -0.15) is 0 Å². The Morgan fingerprint density at radius 1 is 1.38 bits per heavy atom. The van der Waals surface area contributed by atoms with E-state index < -0.39 is 0 Å². The maximum Gasteiger partial charge on any atom is 0.116 e. The summed E-state index contributed by atoms with van der Waals surface area (Å²) in [7, 11) is 0. The quantitative estimate of drug-likeness (QED) is 0.707. The lowest BCUT2D eigenvalue weighted by atomic mass is 9.84. The summed E-state index contributed by atoms with van der Waals surface area (Å²) in [4.78, 5) is 0. The molecule has 1 aromatic rings. The molecule has 16 heavy (non-hydrogen) atoms. The molecule has 0 bridgehead atoms. The minimum atomic E-state index is 0.348. The Morgan fingerprint density at radius 2 is 2.12 bits per heavy atom. The third-order valence-electron chi connectivity index (χ3n) is 3.04. The number of hydrogen-bond acceptors (Lipinski definition) is 1. The molecule has 0 amide bonds. The average molecular weight is 212 g/mol. The molecule has 2 rings (SSSR count). The summed E-state index contributed by atoms with van der Waals surface area (Å²) in [6.07, 6.45) is 9.59. The van der Waals surface area contributed by atoms with Crippen molar-refractivity contribution in [2.24, 2.45) is 0 Å². The van der Waals surface area contributed by atoms with Gasteiger partial charge in [-0.1, -0.05) is 25.8 Å². The molecule has 1 aliphatic rings. The second-order valence-electron chi connectivity index (χ2n) is 4.52. The van der Waals surface area contributed by atoms with Crippen molar-refractivity contribution in [2.45, 2.75) is 32.6 Å². The molecule has 1 aliphatic carbocycles. The topological polar surface area (TPSA) is 20.2 Å². The van der Waals surface area contributed by atoms with Crippen LogP contribution in [0.2, 0.25) is 0 Å². The fourth-order valence-corrected chi connectivity index (χ4v) is 2.30. The van der Waals surface area contributed by atoms with Gasteiger partial charge in [-0.15, -0.1) is 6.42 Å². The van der Waals surface area contributed by atoms with Crippen molar-refractivity contribution in [3.63, 3.8) is 0 Å². The van der Waals surface area contributed by atoms with Crippen molar-refractivity contribution >= 4 is 5.57 Å². The number of rotatable bonds is 1. The van der Waals surface area contributed by atoms with Crippen LogP contribution < -0.4 is 0 Å². The molecule has 0 radical (unpaired) electrons. The second-order valence-corrected chi connectivity index (χ2v) is 4.52. The molecule has 0 aromatic heterocycles. The first-order valence-electron chi connectivity index (χ1n) is 5.66. The monoisotopic (exact) mass is 212 g/mol. The van der Waals surface area contributed by atoms with E-state index in [1.165, 1.54) is 11.1 Å². The highest BCUT2D eigenvalue weighted by Gasteiger charge is 2.18. The summed E-state index contributed by atoms with van der Waals surface area (Å²) in [5, 5.41) is 9.71. The number of phenols is 1. The molecular weight excluding hydrogens is 196 g/mol. The molecule has 0 unspecified atom stereocenters. The third kappa shape index (κ3) is 1.72. The highest BCUT2D eigenvalue weighted by molar-refractivity contribution is 5.83. The summed E-state index contributed by atoms with van der Waals surface area (Å²) in [6, 6.07) is 3.67. The Kier molecular flexibility index (Phi) is 2.75. The molecule has 0 aliphatic heterocycles. The van der Waals surface area contributed by atoms with Gasteiger partial charge in [0.1, 0.15) is 5.75 Å². The summed E-state index contributed by atoms with van der Waals surface area (Å²) in [5.41, 5.74) is 4.48. The maximum absolute atomic E-state index is 9.71. The Labute approximate surface area is 96.8 Å². The number of phenolic OH excluding ortho intramolecular Hbond substituents is 1. The van der Waals surface area contributed by atoms with Gasteiger partial charge in [0, 0.05) is 5.57 Å². The van der Waals surface area contributed by atoms with Crippen LogP contribution in [0.3, 0.4) is 0 Å². The Morgan fingerprint density at radius 3 is 2.75 bits per heavy atom. The van der Waals surface area contributed by atoms with Crippen molar-refractivity contribution in [3.05, 3.63) is 34.9 Å². The van der Waals surface area contributed by atoms with E-state index >= 15 is 0 Å². The highest BCUT2D eigenvalue weighted by Crippen LogP contribution is 2.35. The zero-order chi connectivity index (χ0) is 11.7. The number of benzene rings is 1. The van der Waals surface area contributed by atoms with Crippen LogP contribution in [0, 0.1) is 12.3 Å². The van der Waals surface area contributed by atoms with Crippen LogP contribution in [0.4, 0.5) is 0 Å². The standard InChI is InChI=1S/C15H16O/c1-4-11-6-5-7-12-8-13(16)9-14(10(2)3)15(11)12/h1,6,8-10,16H,5,7H2,2-3H3. The van der Waals surface area contributed by atoms with E-state index in [1.54, 1.807) is 0 Å². The first kappa shape index (κ1) is 10.8. The van der Waals surface area contributed by atoms with Crippen LogP contribution in [0.5, 0.6) is 5.75 Å². The van der Waals surface area contributed by atoms with Crippen LogP contribution in [0.25, 0.3) is 5.57 Å². The zero-order valence-corrected chi connectivity index (χ0v) is 9.75. The number of hydrogen-bond donors (Lipinski definition) is 1. The normalized spacial score (nSPS) is 14.2. The summed E-state index contributed by atoms with van der Waals surface area (Å²) in [6.45, 7) is 4.25. The summed E-state index contributed by atoms with van der Waals surface area (Å²) < 4.78 is 0. The molecule has 1 nitrogen and oxygen atoms in total. The van der Waals surface area contributed by atoms with Crippen LogP contribution in [0.15, 0.2) is 18.2 Å². The van der Waals surface area contributed by atoms with Gasteiger partial charge < -0.3 is 5.11 Å². The minimum absolute atomic E-state index is 0.348. The molecule has 0 fully saturated rings. The lowest BCUT2D eigenvalue weighted by molar-refractivity contribution is 0.473.